The van der Waals surface area contributed by atoms with Gasteiger partial charge in [0.15, 0.2) is 0 Å². The first-order valence-electron chi connectivity index (χ1n) is 6.31. The highest BCUT2D eigenvalue weighted by Crippen LogP contribution is 2.17. The Morgan fingerprint density at radius 1 is 1.63 bits per heavy atom. The van der Waals surface area contributed by atoms with E-state index < -0.39 is 0 Å². The molecule has 1 aromatic rings. The third-order valence-corrected chi connectivity index (χ3v) is 4.20. The second kappa shape index (κ2) is 6.60. The maximum atomic E-state index is 12.0. The molecule has 0 radical (unpaired) electrons. The third-order valence-electron chi connectivity index (χ3n) is 3.07. The number of nitrogens with zero attached hydrogens (tertiary/aromatic N) is 1. The molecule has 5 heteroatoms. The molecule has 1 heterocycles. The van der Waals surface area contributed by atoms with Gasteiger partial charge in [-0.3, -0.25) is 4.79 Å². The summed E-state index contributed by atoms with van der Waals surface area (Å²) in [7, 11) is 0. The van der Waals surface area contributed by atoms with E-state index in [2.05, 4.69) is 16.7 Å². The lowest BCUT2D eigenvalue weighted by molar-refractivity contribution is -0.116. The number of amides is 1. The molecule has 19 heavy (non-hydrogen) atoms. The van der Waals surface area contributed by atoms with E-state index in [4.69, 9.17) is 5.26 Å². The Bertz CT molecular complexity index is 504. The number of thioether (sulfide) groups is 1. The van der Waals surface area contributed by atoms with E-state index in [9.17, 15) is 4.79 Å². The number of carbonyl (C=O) groups is 1. The standard InChI is InChI=1S/C14H17N3OS/c1-10-2-3-11(8-15)6-13(10)17-14(18)7-12-9-19-5-4-16-12/h2-3,6,12,16H,4-5,7,9H2,1H3,(H,17,18). The molecule has 1 fully saturated rings. The van der Waals surface area contributed by atoms with Gasteiger partial charge in [-0.25, -0.2) is 0 Å². The molecule has 0 aromatic heterocycles. The van der Waals surface area contributed by atoms with Gasteiger partial charge < -0.3 is 10.6 Å². The number of carbonyl (C=O) groups excluding carboxylic acids is 1. The van der Waals surface area contributed by atoms with Gasteiger partial charge in [-0.1, -0.05) is 6.07 Å². The number of hydrogen-bond acceptors (Lipinski definition) is 4. The number of nitrogens with one attached hydrogen (secondary N) is 2. The van der Waals surface area contributed by atoms with Crippen molar-refractivity contribution in [3.63, 3.8) is 0 Å². The number of aryl methyl sites for hydroxylation is 1. The fourth-order valence-corrected chi connectivity index (χ4v) is 2.95. The van der Waals surface area contributed by atoms with Crippen molar-refractivity contribution in [3.8, 4) is 6.07 Å². The minimum atomic E-state index is -0.00168. The Balaban J connectivity index is 1.96. The summed E-state index contributed by atoms with van der Waals surface area (Å²) in [4.78, 5) is 12.0. The van der Waals surface area contributed by atoms with E-state index in [1.165, 1.54) is 0 Å². The third kappa shape index (κ3) is 3.98. The monoisotopic (exact) mass is 275 g/mol. The average molecular weight is 275 g/mol. The number of hydrogen-bond donors (Lipinski definition) is 2. The Labute approximate surface area is 117 Å². The van der Waals surface area contributed by atoms with Gasteiger partial charge >= 0.3 is 0 Å². The van der Waals surface area contributed by atoms with Gasteiger partial charge in [0.25, 0.3) is 0 Å². The summed E-state index contributed by atoms with van der Waals surface area (Å²) in [6, 6.07) is 7.65. The van der Waals surface area contributed by atoms with Crippen LogP contribution in [0, 0.1) is 18.3 Å². The summed E-state index contributed by atoms with van der Waals surface area (Å²) in [6.45, 7) is 2.89. The molecule has 1 amide bonds. The number of rotatable bonds is 3. The highest BCUT2D eigenvalue weighted by atomic mass is 32.2. The summed E-state index contributed by atoms with van der Waals surface area (Å²) in [5.41, 5.74) is 2.26. The van der Waals surface area contributed by atoms with Crippen molar-refractivity contribution in [2.24, 2.45) is 0 Å². The second-order valence-corrected chi connectivity index (χ2v) is 5.77. The van der Waals surface area contributed by atoms with Crippen LogP contribution in [0.1, 0.15) is 17.5 Å². The minimum Gasteiger partial charge on any atom is -0.326 e. The van der Waals surface area contributed by atoms with Crippen LogP contribution in [-0.2, 0) is 4.79 Å². The number of benzene rings is 1. The second-order valence-electron chi connectivity index (χ2n) is 4.62. The number of anilines is 1. The maximum Gasteiger partial charge on any atom is 0.225 e. The predicted octanol–water partition coefficient (Wildman–Crippen LogP) is 1.90. The topological polar surface area (TPSA) is 64.9 Å². The Morgan fingerprint density at radius 2 is 2.47 bits per heavy atom. The number of nitriles is 1. The summed E-state index contributed by atoms with van der Waals surface area (Å²) in [6.07, 6.45) is 0.475. The van der Waals surface area contributed by atoms with E-state index in [1.54, 1.807) is 12.1 Å². The molecule has 1 aliphatic heterocycles. The molecule has 0 saturated carbocycles. The van der Waals surface area contributed by atoms with Gasteiger partial charge in [0, 0.05) is 36.2 Å². The van der Waals surface area contributed by atoms with E-state index in [0.29, 0.717) is 12.0 Å². The van der Waals surface area contributed by atoms with Gasteiger partial charge in [-0.05, 0) is 24.6 Å². The van der Waals surface area contributed by atoms with Crippen molar-refractivity contribution in [2.75, 3.05) is 23.4 Å². The van der Waals surface area contributed by atoms with Gasteiger partial charge in [-0.15, -0.1) is 0 Å². The Hall–Kier alpha value is -1.51. The molecule has 1 atom stereocenters. The fourth-order valence-electron chi connectivity index (χ4n) is 2.00. The smallest absolute Gasteiger partial charge is 0.225 e. The summed E-state index contributed by atoms with van der Waals surface area (Å²) < 4.78 is 0. The first-order chi connectivity index (χ1) is 9.19. The van der Waals surface area contributed by atoms with Crippen molar-refractivity contribution in [1.82, 2.24) is 5.32 Å². The highest BCUT2D eigenvalue weighted by Gasteiger charge is 2.17. The zero-order valence-corrected chi connectivity index (χ0v) is 11.7. The van der Waals surface area contributed by atoms with Gasteiger partial charge in [0.1, 0.15) is 0 Å². The fraction of sp³-hybridized carbons (Fsp3) is 0.429. The summed E-state index contributed by atoms with van der Waals surface area (Å²) in [5, 5.41) is 15.1. The van der Waals surface area contributed by atoms with Crippen LogP contribution in [0.15, 0.2) is 18.2 Å². The molecule has 1 unspecified atom stereocenters. The Morgan fingerprint density at radius 3 is 3.16 bits per heavy atom. The van der Waals surface area contributed by atoms with E-state index in [-0.39, 0.29) is 11.9 Å². The molecule has 1 aliphatic rings. The molecular weight excluding hydrogens is 258 g/mol. The first kappa shape index (κ1) is 13.9. The predicted molar refractivity (Wildman–Crippen MR) is 78.3 cm³/mol. The van der Waals surface area contributed by atoms with Crippen LogP contribution >= 0.6 is 11.8 Å². The lowest BCUT2D eigenvalue weighted by Crippen LogP contribution is -2.39. The van der Waals surface area contributed by atoms with Crippen molar-refractivity contribution in [3.05, 3.63) is 29.3 Å². The van der Waals surface area contributed by atoms with Crippen LogP contribution in [-0.4, -0.2) is 30.0 Å². The molecule has 1 saturated heterocycles. The Kier molecular flexibility index (Phi) is 4.83. The zero-order chi connectivity index (χ0) is 13.7. The van der Waals surface area contributed by atoms with Gasteiger partial charge in [-0.2, -0.15) is 17.0 Å². The molecule has 1 aromatic carbocycles. The van der Waals surface area contributed by atoms with E-state index in [1.807, 2.05) is 24.8 Å². The molecule has 2 rings (SSSR count). The molecule has 0 aliphatic carbocycles. The molecule has 4 nitrogen and oxygen atoms in total. The molecular formula is C14H17N3OS. The van der Waals surface area contributed by atoms with Crippen LogP contribution in [0.2, 0.25) is 0 Å². The molecule has 0 bridgehead atoms. The first-order valence-corrected chi connectivity index (χ1v) is 7.46. The molecule has 0 spiro atoms. The summed E-state index contributed by atoms with van der Waals surface area (Å²) in [5.74, 6) is 2.09. The molecule has 100 valence electrons. The van der Waals surface area contributed by atoms with Crippen LogP contribution in [0.25, 0.3) is 0 Å². The van der Waals surface area contributed by atoms with Crippen molar-refractivity contribution >= 4 is 23.4 Å². The van der Waals surface area contributed by atoms with E-state index in [0.717, 1.165) is 29.3 Å². The van der Waals surface area contributed by atoms with Gasteiger partial charge in [0.2, 0.25) is 5.91 Å². The zero-order valence-electron chi connectivity index (χ0n) is 10.9. The normalized spacial score (nSPS) is 18.6. The van der Waals surface area contributed by atoms with Gasteiger partial charge in [0.05, 0.1) is 11.6 Å². The average Bonchev–Trinajstić information content (AvgIpc) is 2.42. The van der Waals surface area contributed by atoms with Crippen molar-refractivity contribution in [1.29, 1.82) is 5.26 Å². The lowest BCUT2D eigenvalue weighted by Gasteiger charge is -2.22. The quantitative estimate of drug-likeness (QED) is 0.884. The van der Waals surface area contributed by atoms with Crippen LogP contribution in [0.5, 0.6) is 0 Å². The lowest BCUT2D eigenvalue weighted by atomic mass is 10.1. The van der Waals surface area contributed by atoms with Crippen LogP contribution < -0.4 is 10.6 Å². The van der Waals surface area contributed by atoms with Crippen molar-refractivity contribution < 1.29 is 4.79 Å². The largest absolute Gasteiger partial charge is 0.326 e. The highest BCUT2D eigenvalue weighted by molar-refractivity contribution is 7.99. The van der Waals surface area contributed by atoms with Crippen molar-refractivity contribution in [2.45, 2.75) is 19.4 Å². The van der Waals surface area contributed by atoms with E-state index >= 15 is 0 Å². The summed E-state index contributed by atoms with van der Waals surface area (Å²) >= 11 is 1.87. The minimum absolute atomic E-state index is 0.00168. The maximum absolute atomic E-state index is 12.0. The van der Waals surface area contributed by atoms with Crippen LogP contribution in [0.3, 0.4) is 0 Å². The SMILES string of the molecule is Cc1ccc(C#N)cc1NC(=O)CC1CSCCN1. The molecule has 2 N–H and O–H groups in total. The van der Waals surface area contributed by atoms with Crippen LogP contribution in [0.4, 0.5) is 5.69 Å².